The maximum atomic E-state index is 3.43. The van der Waals surface area contributed by atoms with Gasteiger partial charge < -0.3 is 24.8 Å². The second-order valence-electron chi connectivity index (χ2n) is 8.00. The Labute approximate surface area is 220 Å². The summed E-state index contributed by atoms with van der Waals surface area (Å²) in [5.41, 5.74) is 13.5. The predicted octanol–water partition coefficient (Wildman–Crippen LogP) is 1.85. The van der Waals surface area contributed by atoms with Crippen LogP contribution in [0.3, 0.4) is 0 Å². The molecule has 2 aromatic rings. The Morgan fingerprint density at radius 2 is 0.806 bits per heavy atom. The Morgan fingerprint density at radius 1 is 0.516 bits per heavy atom. The van der Waals surface area contributed by atoms with Crippen LogP contribution in [0.2, 0.25) is 0 Å². The summed E-state index contributed by atoms with van der Waals surface area (Å²) in [5, 5.41) is 0. The molecule has 0 aromatic heterocycles. The SMILES string of the molecule is CC1=C(C)C(c2ccc(C)cc2)=[C-]C1.CC1=C(C)C(c2ccc(C)cc2)=[C-]C1.[Cl-].[Cl-].[Zr+4]. The molecule has 3 heteroatoms. The van der Waals surface area contributed by atoms with Gasteiger partial charge in [-0.2, -0.15) is 34.4 Å². The van der Waals surface area contributed by atoms with Crippen molar-refractivity contribution in [1.82, 2.24) is 0 Å². The van der Waals surface area contributed by atoms with Crippen molar-refractivity contribution in [3.63, 3.8) is 0 Å². The zero-order valence-electron chi connectivity index (χ0n) is 19.3. The van der Waals surface area contributed by atoms with Crippen LogP contribution in [0, 0.1) is 26.0 Å². The van der Waals surface area contributed by atoms with Crippen molar-refractivity contribution in [2.45, 2.75) is 54.4 Å². The summed E-state index contributed by atoms with van der Waals surface area (Å²) in [6.07, 6.45) is 8.86. The third kappa shape index (κ3) is 7.45. The fourth-order valence-electron chi connectivity index (χ4n) is 3.48. The molecule has 0 atom stereocenters. The predicted molar refractivity (Wildman–Crippen MR) is 122 cm³/mol. The Bertz CT molecular complexity index is 905. The maximum Gasteiger partial charge on any atom is 4.00 e. The summed E-state index contributed by atoms with van der Waals surface area (Å²) >= 11 is 0. The van der Waals surface area contributed by atoms with E-state index in [1.807, 2.05) is 0 Å². The Balaban J connectivity index is 0.000000529. The normalized spacial score (nSPS) is 14.5. The molecular weight excluding hydrogens is 498 g/mol. The second-order valence-corrected chi connectivity index (χ2v) is 8.00. The number of benzene rings is 2. The van der Waals surface area contributed by atoms with Crippen LogP contribution in [0.1, 0.15) is 62.8 Å². The first-order valence-corrected chi connectivity index (χ1v) is 10.1. The fourth-order valence-corrected chi connectivity index (χ4v) is 3.48. The molecule has 2 aromatic carbocycles. The summed E-state index contributed by atoms with van der Waals surface area (Å²) in [5.74, 6) is 0. The standard InChI is InChI=1S/2C14H15.2ClH.Zr/c2*1-10-4-7-13(8-5-10)14-9-6-11(2)12(14)3;;;/h2*4-5,7-8H,6H2,1-3H3;2*1H;/q2*-1;;;+4/p-2. The molecule has 0 saturated heterocycles. The van der Waals surface area contributed by atoms with Gasteiger partial charge in [-0.25, -0.2) is 0 Å². The van der Waals surface area contributed by atoms with Gasteiger partial charge >= 0.3 is 26.2 Å². The molecule has 0 bridgehead atoms. The van der Waals surface area contributed by atoms with Crippen molar-refractivity contribution >= 4 is 11.1 Å². The van der Waals surface area contributed by atoms with E-state index in [9.17, 15) is 0 Å². The van der Waals surface area contributed by atoms with E-state index in [4.69, 9.17) is 0 Å². The van der Waals surface area contributed by atoms with Crippen LogP contribution >= 0.6 is 0 Å². The van der Waals surface area contributed by atoms with Gasteiger partial charge in [-0.1, -0.05) is 75.9 Å². The van der Waals surface area contributed by atoms with Crippen LogP contribution in [0.5, 0.6) is 0 Å². The van der Waals surface area contributed by atoms with Gasteiger partial charge in [-0.05, 0) is 13.8 Å². The van der Waals surface area contributed by atoms with Crippen LogP contribution < -0.4 is 24.8 Å². The van der Waals surface area contributed by atoms with E-state index in [0.717, 1.165) is 12.8 Å². The van der Waals surface area contributed by atoms with Gasteiger partial charge in [0, 0.05) is 0 Å². The molecule has 0 saturated carbocycles. The third-order valence-electron chi connectivity index (χ3n) is 5.77. The molecule has 0 fully saturated rings. The van der Waals surface area contributed by atoms with Gasteiger partial charge in [0.2, 0.25) is 0 Å². The van der Waals surface area contributed by atoms with Crippen LogP contribution in [-0.2, 0) is 26.2 Å². The molecule has 0 aliphatic heterocycles. The zero-order chi connectivity index (χ0) is 20.3. The molecule has 160 valence electrons. The van der Waals surface area contributed by atoms with E-state index in [1.165, 1.54) is 55.7 Å². The van der Waals surface area contributed by atoms with Crippen molar-refractivity contribution in [1.29, 1.82) is 0 Å². The van der Waals surface area contributed by atoms with Crippen LogP contribution in [-0.4, -0.2) is 0 Å². The Morgan fingerprint density at radius 3 is 1.03 bits per heavy atom. The quantitative estimate of drug-likeness (QED) is 0.522. The topological polar surface area (TPSA) is 0 Å². The number of allylic oxidation sites excluding steroid dienone is 8. The summed E-state index contributed by atoms with van der Waals surface area (Å²) in [7, 11) is 0. The molecule has 0 spiro atoms. The Kier molecular flexibility index (Phi) is 12.9. The molecular formula is C28H30Cl2Zr. The van der Waals surface area contributed by atoms with Crippen LogP contribution in [0.25, 0.3) is 11.1 Å². The minimum Gasteiger partial charge on any atom is -1.00 e. The largest absolute Gasteiger partial charge is 4.00 e. The first kappa shape index (κ1) is 29.9. The molecule has 0 nitrogen and oxygen atoms in total. The molecule has 0 radical (unpaired) electrons. The minimum absolute atomic E-state index is 0. The molecule has 0 N–H and O–H groups in total. The van der Waals surface area contributed by atoms with E-state index in [1.54, 1.807) is 0 Å². The Hall–Kier alpha value is -1.14. The second kappa shape index (κ2) is 13.4. The van der Waals surface area contributed by atoms with Gasteiger partial charge in [0.25, 0.3) is 0 Å². The smallest absolute Gasteiger partial charge is 1.00 e. The van der Waals surface area contributed by atoms with Crippen molar-refractivity contribution in [2.75, 3.05) is 0 Å². The van der Waals surface area contributed by atoms with Crippen molar-refractivity contribution in [3.8, 4) is 0 Å². The van der Waals surface area contributed by atoms with E-state index < -0.39 is 0 Å². The number of rotatable bonds is 2. The number of hydrogen-bond donors (Lipinski definition) is 0. The molecule has 0 amide bonds. The van der Waals surface area contributed by atoms with Crippen molar-refractivity contribution in [2.24, 2.45) is 0 Å². The van der Waals surface area contributed by atoms with Gasteiger partial charge in [-0.15, -0.1) is 46.5 Å². The third-order valence-corrected chi connectivity index (χ3v) is 5.77. The number of halogens is 2. The fraction of sp³-hybridized carbons (Fsp3) is 0.286. The van der Waals surface area contributed by atoms with Gasteiger partial charge in [-0.3, -0.25) is 0 Å². The number of hydrogen-bond acceptors (Lipinski definition) is 0. The summed E-state index contributed by atoms with van der Waals surface area (Å²) < 4.78 is 0. The average Bonchev–Trinajstić information content (AvgIpc) is 3.20. The van der Waals surface area contributed by atoms with Crippen LogP contribution in [0.15, 0.2) is 70.8 Å². The maximum absolute atomic E-state index is 3.43. The van der Waals surface area contributed by atoms with E-state index in [2.05, 4.69) is 102 Å². The molecule has 0 unspecified atom stereocenters. The summed E-state index contributed by atoms with van der Waals surface area (Å²) in [4.78, 5) is 0. The van der Waals surface area contributed by atoms with E-state index in [-0.39, 0.29) is 51.0 Å². The van der Waals surface area contributed by atoms with Gasteiger partial charge in [0.05, 0.1) is 0 Å². The zero-order valence-corrected chi connectivity index (χ0v) is 23.3. The van der Waals surface area contributed by atoms with Gasteiger partial charge in [0.15, 0.2) is 0 Å². The van der Waals surface area contributed by atoms with Gasteiger partial charge in [0.1, 0.15) is 0 Å². The molecule has 4 rings (SSSR count). The number of aryl methyl sites for hydroxylation is 2. The first-order chi connectivity index (χ1) is 13.4. The monoisotopic (exact) mass is 526 g/mol. The van der Waals surface area contributed by atoms with Crippen molar-refractivity contribution in [3.05, 3.63) is 105 Å². The summed E-state index contributed by atoms with van der Waals surface area (Å²) in [6, 6.07) is 17.4. The molecule has 0 heterocycles. The van der Waals surface area contributed by atoms with E-state index in [0.29, 0.717) is 0 Å². The first-order valence-electron chi connectivity index (χ1n) is 10.1. The molecule has 2 aliphatic rings. The van der Waals surface area contributed by atoms with Crippen molar-refractivity contribution < 1.29 is 51.0 Å². The van der Waals surface area contributed by atoms with Crippen LogP contribution in [0.4, 0.5) is 0 Å². The average molecular weight is 529 g/mol. The minimum atomic E-state index is 0. The molecule has 31 heavy (non-hydrogen) atoms. The molecule has 2 aliphatic carbocycles. The van der Waals surface area contributed by atoms with E-state index >= 15 is 0 Å². The summed E-state index contributed by atoms with van der Waals surface area (Å²) in [6.45, 7) is 13.0.